The van der Waals surface area contributed by atoms with E-state index in [1.807, 2.05) is 0 Å². The summed E-state index contributed by atoms with van der Waals surface area (Å²) in [6, 6.07) is 0. The van der Waals surface area contributed by atoms with E-state index >= 15 is 0 Å². The largest absolute Gasteiger partial charge is 0.480 e. The zero-order valence-corrected chi connectivity index (χ0v) is 9.89. The number of ether oxygens (including phenoxy) is 1. The number of hydrogen-bond acceptors (Lipinski definition) is 3. The van der Waals surface area contributed by atoms with Crippen molar-refractivity contribution < 1.29 is 4.74 Å². The van der Waals surface area contributed by atoms with Gasteiger partial charge in [0.2, 0.25) is 11.2 Å². The Morgan fingerprint density at radius 2 is 2.43 bits per heavy atom. The third-order valence-corrected chi connectivity index (χ3v) is 1.94. The van der Waals surface area contributed by atoms with Crippen LogP contribution in [0.2, 0.25) is 5.28 Å². The van der Waals surface area contributed by atoms with Gasteiger partial charge in [-0.2, -0.15) is 4.98 Å². The number of halogens is 2. The van der Waals surface area contributed by atoms with Crippen LogP contribution in [0.15, 0.2) is 6.20 Å². The maximum atomic E-state index is 5.60. The van der Waals surface area contributed by atoms with Crippen LogP contribution < -0.4 is 4.74 Å². The van der Waals surface area contributed by atoms with E-state index in [9.17, 15) is 0 Å². The van der Waals surface area contributed by atoms with E-state index < -0.39 is 0 Å². The van der Waals surface area contributed by atoms with Crippen LogP contribution in [-0.4, -0.2) is 22.4 Å². The molecule has 1 heterocycles. The van der Waals surface area contributed by atoms with Gasteiger partial charge in [0, 0.05) is 11.8 Å². The van der Waals surface area contributed by atoms with Gasteiger partial charge < -0.3 is 4.74 Å². The minimum Gasteiger partial charge on any atom is -0.480 e. The van der Waals surface area contributed by atoms with E-state index in [0.717, 1.165) is 11.8 Å². The van der Waals surface area contributed by atoms with Gasteiger partial charge in [-0.3, -0.25) is 0 Å². The number of aromatic nitrogens is 2. The number of hydrogen-bond donors (Lipinski definition) is 0. The van der Waals surface area contributed by atoms with Gasteiger partial charge in [0.05, 0.1) is 13.3 Å². The van der Waals surface area contributed by atoms with E-state index in [4.69, 9.17) is 16.3 Å². The van der Waals surface area contributed by atoms with Crippen molar-refractivity contribution in [2.45, 2.75) is 6.42 Å². The van der Waals surface area contributed by atoms with Crippen molar-refractivity contribution in [2.75, 3.05) is 12.4 Å². The predicted octanol–water partition coefficient (Wildman–Crippen LogP) is 2.28. The fourth-order valence-corrected chi connectivity index (χ4v) is 1.12. The molecule has 0 amide bonds. The van der Waals surface area contributed by atoms with Gasteiger partial charge in [0.1, 0.15) is 5.56 Å². The fourth-order valence-electron chi connectivity index (χ4n) is 0.792. The molecule has 5 heteroatoms. The second-order valence-corrected chi connectivity index (χ2v) is 3.43. The van der Waals surface area contributed by atoms with Crippen molar-refractivity contribution in [2.24, 2.45) is 0 Å². The molecule has 74 valence electrons. The molecule has 0 aliphatic heterocycles. The molecule has 0 saturated carbocycles. The minimum atomic E-state index is 0.160. The Morgan fingerprint density at radius 1 is 1.64 bits per heavy atom. The number of methoxy groups -OCH3 is 1. The zero-order chi connectivity index (χ0) is 10.4. The second-order valence-electron chi connectivity index (χ2n) is 2.30. The van der Waals surface area contributed by atoms with Crippen LogP contribution in [0, 0.1) is 11.8 Å². The molecular weight excluding hydrogens is 267 g/mol. The first-order valence-electron chi connectivity index (χ1n) is 3.89. The maximum Gasteiger partial charge on any atom is 0.233 e. The van der Waals surface area contributed by atoms with Gasteiger partial charge in [-0.1, -0.05) is 27.8 Å². The molecule has 0 spiro atoms. The summed E-state index contributed by atoms with van der Waals surface area (Å²) in [5.41, 5.74) is 0.651. The second kappa shape index (κ2) is 5.84. The summed E-state index contributed by atoms with van der Waals surface area (Å²) >= 11 is 8.88. The average Bonchev–Trinajstić information content (AvgIpc) is 2.20. The molecule has 14 heavy (non-hydrogen) atoms. The topological polar surface area (TPSA) is 35.0 Å². The molecule has 0 atom stereocenters. The highest BCUT2D eigenvalue weighted by molar-refractivity contribution is 9.09. The van der Waals surface area contributed by atoms with Gasteiger partial charge in [0.25, 0.3) is 0 Å². The third kappa shape index (κ3) is 3.17. The Hall–Kier alpha value is -0.790. The molecule has 0 radical (unpaired) electrons. The lowest BCUT2D eigenvalue weighted by molar-refractivity contribution is 0.395. The van der Waals surface area contributed by atoms with E-state index in [2.05, 4.69) is 37.7 Å². The van der Waals surface area contributed by atoms with Gasteiger partial charge in [-0.15, -0.1) is 0 Å². The maximum absolute atomic E-state index is 5.60. The van der Waals surface area contributed by atoms with Crippen molar-refractivity contribution in [1.82, 2.24) is 9.97 Å². The lowest BCUT2D eigenvalue weighted by Crippen LogP contribution is -1.94. The summed E-state index contributed by atoms with van der Waals surface area (Å²) in [5.74, 6) is 6.26. The van der Waals surface area contributed by atoms with E-state index in [1.165, 1.54) is 7.11 Å². The molecule has 0 aliphatic carbocycles. The summed E-state index contributed by atoms with van der Waals surface area (Å²) in [6.45, 7) is 0. The van der Waals surface area contributed by atoms with Gasteiger partial charge >= 0.3 is 0 Å². The average molecular weight is 276 g/mol. The predicted molar refractivity (Wildman–Crippen MR) is 58.9 cm³/mol. The molecule has 0 unspecified atom stereocenters. The summed E-state index contributed by atoms with van der Waals surface area (Å²) < 4.78 is 5.01. The zero-order valence-electron chi connectivity index (χ0n) is 7.55. The number of alkyl halides is 1. The van der Waals surface area contributed by atoms with Gasteiger partial charge in [-0.05, 0) is 11.6 Å². The summed E-state index contributed by atoms with van der Waals surface area (Å²) in [6.07, 6.45) is 2.32. The summed E-state index contributed by atoms with van der Waals surface area (Å²) in [7, 11) is 1.52. The molecule has 3 nitrogen and oxygen atoms in total. The molecule has 0 N–H and O–H groups in total. The van der Waals surface area contributed by atoms with E-state index in [-0.39, 0.29) is 5.28 Å². The Balaban J connectivity index is 2.92. The van der Waals surface area contributed by atoms with E-state index in [0.29, 0.717) is 11.4 Å². The minimum absolute atomic E-state index is 0.160. The first-order valence-corrected chi connectivity index (χ1v) is 5.39. The van der Waals surface area contributed by atoms with Crippen molar-refractivity contribution in [3.05, 3.63) is 17.0 Å². The SMILES string of the molecule is COc1nc(Cl)ncc1C#CCCBr. The standard InChI is InChI=1S/C9H8BrClN2O/c1-14-8-7(4-2-3-5-10)6-12-9(11)13-8/h6H,3,5H2,1H3. The first kappa shape index (κ1) is 11.3. The molecular formula is C9H8BrClN2O. The lowest BCUT2D eigenvalue weighted by Gasteiger charge is -2.00. The molecule has 0 saturated heterocycles. The fraction of sp³-hybridized carbons (Fsp3) is 0.333. The van der Waals surface area contributed by atoms with Crippen LogP contribution in [0.25, 0.3) is 0 Å². The molecule has 1 aromatic heterocycles. The Morgan fingerprint density at radius 3 is 3.07 bits per heavy atom. The summed E-state index contributed by atoms with van der Waals surface area (Å²) in [4.78, 5) is 7.71. The van der Waals surface area contributed by atoms with Crippen molar-refractivity contribution >= 4 is 27.5 Å². The normalized spacial score (nSPS) is 9.07. The monoisotopic (exact) mass is 274 g/mol. The van der Waals surface area contributed by atoms with Gasteiger partial charge in [-0.25, -0.2) is 4.98 Å². The number of nitrogens with zero attached hydrogens (tertiary/aromatic N) is 2. The molecule has 1 rings (SSSR count). The highest BCUT2D eigenvalue weighted by Gasteiger charge is 2.02. The van der Waals surface area contributed by atoms with Crippen LogP contribution in [0.3, 0.4) is 0 Å². The van der Waals surface area contributed by atoms with Crippen LogP contribution >= 0.6 is 27.5 Å². The summed E-state index contributed by atoms with van der Waals surface area (Å²) in [5, 5.41) is 1.00. The highest BCUT2D eigenvalue weighted by atomic mass is 79.9. The van der Waals surface area contributed by atoms with Crippen molar-refractivity contribution in [1.29, 1.82) is 0 Å². The van der Waals surface area contributed by atoms with Crippen molar-refractivity contribution in [3.63, 3.8) is 0 Å². The van der Waals surface area contributed by atoms with Gasteiger partial charge in [0.15, 0.2) is 0 Å². The molecule has 0 bridgehead atoms. The number of rotatable bonds is 2. The Bertz CT molecular complexity index is 373. The van der Waals surface area contributed by atoms with Crippen LogP contribution in [0.1, 0.15) is 12.0 Å². The Labute approximate surface area is 96.0 Å². The lowest BCUT2D eigenvalue weighted by atomic mass is 10.3. The van der Waals surface area contributed by atoms with Crippen LogP contribution in [0.5, 0.6) is 5.88 Å². The first-order chi connectivity index (χ1) is 6.77. The molecule has 0 aliphatic rings. The molecule has 0 fully saturated rings. The quantitative estimate of drug-likeness (QED) is 0.472. The smallest absolute Gasteiger partial charge is 0.233 e. The van der Waals surface area contributed by atoms with Crippen LogP contribution in [0.4, 0.5) is 0 Å². The third-order valence-electron chi connectivity index (χ3n) is 1.36. The van der Waals surface area contributed by atoms with Crippen LogP contribution in [-0.2, 0) is 0 Å². The highest BCUT2D eigenvalue weighted by Crippen LogP contribution is 2.14. The van der Waals surface area contributed by atoms with E-state index in [1.54, 1.807) is 6.20 Å². The van der Waals surface area contributed by atoms with Crippen molar-refractivity contribution in [3.8, 4) is 17.7 Å². The molecule has 1 aromatic rings. The Kier molecular flexibility index (Phi) is 4.71. The molecule has 0 aromatic carbocycles.